The standard InChI is InChI=1S/C23H26N2O4S/c1-28-21-8-10-23(29-2)20(15-21)17-24-11-13-25(14-12-24)30(26,27)22-9-7-18-5-3-4-6-19(18)16-22/h3-10,15-16H,11-14,17H2,1-2H3. The van der Waals surface area contributed by atoms with Crippen molar-refractivity contribution in [3.8, 4) is 11.5 Å². The fourth-order valence-electron chi connectivity index (χ4n) is 3.85. The first-order chi connectivity index (χ1) is 14.5. The fourth-order valence-corrected chi connectivity index (χ4v) is 5.31. The summed E-state index contributed by atoms with van der Waals surface area (Å²) in [5, 5.41) is 1.97. The van der Waals surface area contributed by atoms with Crippen LogP contribution in [0, 0.1) is 0 Å². The second-order valence-electron chi connectivity index (χ2n) is 7.37. The zero-order valence-corrected chi connectivity index (χ0v) is 18.1. The summed E-state index contributed by atoms with van der Waals surface area (Å²) in [5.74, 6) is 1.59. The van der Waals surface area contributed by atoms with Crippen molar-refractivity contribution in [2.45, 2.75) is 11.4 Å². The molecule has 0 aliphatic carbocycles. The van der Waals surface area contributed by atoms with E-state index in [1.165, 1.54) is 0 Å². The minimum absolute atomic E-state index is 0.351. The van der Waals surface area contributed by atoms with Crippen LogP contribution in [-0.2, 0) is 16.6 Å². The molecule has 1 heterocycles. The molecule has 0 saturated carbocycles. The van der Waals surface area contributed by atoms with Crippen molar-refractivity contribution in [3.05, 3.63) is 66.2 Å². The van der Waals surface area contributed by atoms with Gasteiger partial charge in [-0.05, 0) is 41.1 Å². The maximum Gasteiger partial charge on any atom is 0.243 e. The molecular weight excluding hydrogens is 400 g/mol. The van der Waals surface area contributed by atoms with Crippen molar-refractivity contribution >= 4 is 20.8 Å². The average Bonchev–Trinajstić information content (AvgIpc) is 2.79. The Morgan fingerprint density at radius 3 is 2.27 bits per heavy atom. The van der Waals surface area contributed by atoms with Gasteiger partial charge in [0, 0.05) is 38.3 Å². The van der Waals surface area contributed by atoms with Crippen LogP contribution in [0.3, 0.4) is 0 Å². The van der Waals surface area contributed by atoms with Gasteiger partial charge in [0.2, 0.25) is 10.0 Å². The molecule has 30 heavy (non-hydrogen) atoms. The Labute approximate surface area is 177 Å². The lowest BCUT2D eigenvalue weighted by atomic mass is 10.1. The molecule has 0 aromatic heterocycles. The Kier molecular flexibility index (Phi) is 5.94. The van der Waals surface area contributed by atoms with Crippen molar-refractivity contribution in [3.63, 3.8) is 0 Å². The summed E-state index contributed by atoms with van der Waals surface area (Å²) < 4.78 is 38.7. The molecule has 3 aromatic rings. The van der Waals surface area contributed by atoms with Gasteiger partial charge in [-0.25, -0.2) is 8.42 Å². The van der Waals surface area contributed by atoms with Crippen molar-refractivity contribution in [1.29, 1.82) is 0 Å². The van der Waals surface area contributed by atoms with Gasteiger partial charge in [-0.2, -0.15) is 4.31 Å². The van der Waals surface area contributed by atoms with Crippen molar-refractivity contribution in [2.24, 2.45) is 0 Å². The van der Waals surface area contributed by atoms with Crippen LogP contribution in [0.15, 0.2) is 65.6 Å². The first kappa shape index (κ1) is 20.7. The van der Waals surface area contributed by atoms with E-state index in [0.717, 1.165) is 27.8 Å². The van der Waals surface area contributed by atoms with E-state index in [1.54, 1.807) is 30.7 Å². The molecule has 6 nitrogen and oxygen atoms in total. The maximum atomic E-state index is 13.2. The van der Waals surface area contributed by atoms with Gasteiger partial charge in [0.15, 0.2) is 0 Å². The molecular formula is C23H26N2O4S. The smallest absolute Gasteiger partial charge is 0.243 e. The summed E-state index contributed by atoms with van der Waals surface area (Å²) in [6, 6.07) is 18.9. The minimum Gasteiger partial charge on any atom is -0.497 e. The van der Waals surface area contributed by atoms with Crippen LogP contribution in [-0.4, -0.2) is 58.0 Å². The van der Waals surface area contributed by atoms with E-state index in [9.17, 15) is 8.42 Å². The summed E-state index contributed by atoms with van der Waals surface area (Å²) in [5.41, 5.74) is 1.03. The molecule has 1 aliphatic rings. The van der Waals surface area contributed by atoms with Crippen molar-refractivity contribution in [2.75, 3.05) is 40.4 Å². The lowest BCUT2D eigenvalue weighted by Crippen LogP contribution is -2.48. The summed E-state index contributed by atoms with van der Waals surface area (Å²) in [7, 11) is -0.218. The Bertz CT molecular complexity index is 1140. The van der Waals surface area contributed by atoms with Gasteiger partial charge >= 0.3 is 0 Å². The molecule has 0 atom stereocenters. The first-order valence-corrected chi connectivity index (χ1v) is 11.4. The summed E-state index contributed by atoms with van der Waals surface area (Å²) in [6.45, 7) is 2.92. The van der Waals surface area contributed by atoms with Gasteiger partial charge in [0.1, 0.15) is 11.5 Å². The molecule has 0 amide bonds. The number of rotatable bonds is 6. The number of sulfonamides is 1. The number of benzene rings is 3. The average molecular weight is 427 g/mol. The topological polar surface area (TPSA) is 59.1 Å². The number of ether oxygens (including phenoxy) is 2. The van der Waals surface area contributed by atoms with Crippen LogP contribution in [0.1, 0.15) is 5.56 Å². The lowest BCUT2D eigenvalue weighted by molar-refractivity contribution is 0.180. The minimum atomic E-state index is -3.51. The van der Waals surface area contributed by atoms with E-state index >= 15 is 0 Å². The summed E-state index contributed by atoms with van der Waals surface area (Å²) >= 11 is 0. The molecule has 158 valence electrons. The van der Waals surface area contributed by atoms with E-state index in [2.05, 4.69) is 4.90 Å². The highest BCUT2D eigenvalue weighted by molar-refractivity contribution is 7.89. The highest BCUT2D eigenvalue weighted by Crippen LogP contribution is 2.27. The van der Waals surface area contributed by atoms with E-state index in [-0.39, 0.29) is 0 Å². The monoisotopic (exact) mass is 426 g/mol. The lowest BCUT2D eigenvalue weighted by Gasteiger charge is -2.34. The molecule has 0 bridgehead atoms. The first-order valence-electron chi connectivity index (χ1n) is 9.93. The van der Waals surface area contributed by atoms with Gasteiger partial charge in [-0.1, -0.05) is 30.3 Å². The number of methoxy groups -OCH3 is 2. The number of hydrogen-bond donors (Lipinski definition) is 0. The van der Waals surface area contributed by atoms with Crippen LogP contribution < -0.4 is 9.47 Å². The maximum absolute atomic E-state index is 13.2. The predicted octanol–water partition coefficient (Wildman–Crippen LogP) is 3.36. The van der Waals surface area contributed by atoms with Gasteiger partial charge in [0.05, 0.1) is 19.1 Å². The fraction of sp³-hybridized carbons (Fsp3) is 0.304. The van der Waals surface area contributed by atoms with Crippen LogP contribution >= 0.6 is 0 Å². The zero-order chi connectivity index (χ0) is 21.1. The van der Waals surface area contributed by atoms with Gasteiger partial charge in [-0.15, -0.1) is 0 Å². The third-order valence-electron chi connectivity index (χ3n) is 5.57. The van der Waals surface area contributed by atoms with Gasteiger partial charge in [0.25, 0.3) is 0 Å². The molecule has 1 saturated heterocycles. The molecule has 0 unspecified atom stereocenters. The van der Waals surface area contributed by atoms with E-state index < -0.39 is 10.0 Å². The number of fused-ring (bicyclic) bond motifs is 1. The third kappa shape index (κ3) is 4.14. The predicted molar refractivity (Wildman–Crippen MR) is 118 cm³/mol. The molecule has 4 rings (SSSR count). The van der Waals surface area contributed by atoms with Gasteiger partial charge < -0.3 is 9.47 Å². The largest absolute Gasteiger partial charge is 0.497 e. The quantitative estimate of drug-likeness (QED) is 0.605. The van der Waals surface area contributed by atoms with Crippen molar-refractivity contribution < 1.29 is 17.9 Å². The Hall–Kier alpha value is -2.61. The SMILES string of the molecule is COc1ccc(OC)c(CN2CCN(S(=O)(=O)c3ccc4ccccc4c3)CC2)c1. The Morgan fingerprint density at radius 2 is 1.57 bits per heavy atom. The van der Waals surface area contributed by atoms with Crippen molar-refractivity contribution in [1.82, 2.24) is 9.21 Å². The molecule has 3 aromatic carbocycles. The summed E-state index contributed by atoms with van der Waals surface area (Å²) in [4.78, 5) is 2.59. The second-order valence-corrected chi connectivity index (χ2v) is 9.30. The normalized spacial score (nSPS) is 15.9. The number of hydrogen-bond acceptors (Lipinski definition) is 5. The molecule has 0 radical (unpaired) electrons. The van der Waals surface area contributed by atoms with Crippen LogP contribution in [0.4, 0.5) is 0 Å². The zero-order valence-electron chi connectivity index (χ0n) is 17.2. The molecule has 1 aliphatic heterocycles. The van der Waals surface area contributed by atoms with Crippen LogP contribution in [0.2, 0.25) is 0 Å². The molecule has 0 N–H and O–H groups in total. The van der Waals surface area contributed by atoms with Gasteiger partial charge in [-0.3, -0.25) is 4.90 Å². The summed E-state index contributed by atoms with van der Waals surface area (Å²) in [6.07, 6.45) is 0. The Morgan fingerprint density at radius 1 is 0.833 bits per heavy atom. The highest BCUT2D eigenvalue weighted by Gasteiger charge is 2.29. The molecule has 1 fully saturated rings. The van der Waals surface area contributed by atoms with E-state index in [0.29, 0.717) is 37.6 Å². The molecule has 7 heteroatoms. The van der Waals surface area contributed by atoms with E-state index in [4.69, 9.17) is 9.47 Å². The van der Waals surface area contributed by atoms with Crippen LogP contribution in [0.25, 0.3) is 10.8 Å². The molecule has 0 spiro atoms. The number of piperazine rings is 1. The second kappa shape index (κ2) is 8.63. The highest BCUT2D eigenvalue weighted by atomic mass is 32.2. The third-order valence-corrected chi connectivity index (χ3v) is 7.47. The van der Waals surface area contributed by atoms with E-state index in [1.807, 2.05) is 48.5 Å². The van der Waals surface area contributed by atoms with Crippen LogP contribution in [0.5, 0.6) is 11.5 Å². The Balaban J connectivity index is 1.46. The number of nitrogens with zero attached hydrogens (tertiary/aromatic N) is 2.